The van der Waals surface area contributed by atoms with E-state index in [1.54, 1.807) is 47.5 Å². The molecule has 0 spiro atoms. The third-order valence-corrected chi connectivity index (χ3v) is 6.63. The van der Waals surface area contributed by atoms with Crippen molar-refractivity contribution in [1.29, 1.82) is 0 Å². The molecule has 24 heavy (non-hydrogen) atoms. The maximum atomic E-state index is 12.7. The number of nitrogens with zero attached hydrogens (tertiary/aromatic N) is 2. The Hall–Kier alpha value is -2.66. The zero-order valence-electron chi connectivity index (χ0n) is 14.2. The first kappa shape index (κ1) is 17.7. The summed E-state index contributed by atoms with van der Waals surface area (Å²) in [5, 5.41) is 0. The molecule has 0 aromatic heterocycles. The summed E-state index contributed by atoms with van der Waals surface area (Å²) < 4.78 is 3.41. The Morgan fingerprint density at radius 3 is 1.50 bits per heavy atom. The van der Waals surface area contributed by atoms with Gasteiger partial charge in [-0.15, -0.1) is 0 Å². The summed E-state index contributed by atoms with van der Waals surface area (Å²) in [5.41, 5.74) is 3.23. The van der Waals surface area contributed by atoms with Crippen molar-refractivity contribution < 1.29 is 9.59 Å². The lowest BCUT2D eigenvalue weighted by atomic mass is 10.2. The molecule has 0 heterocycles. The number of amides is 2. The third-order valence-electron chi connectivity index (χ3n) is 3.84. The molecule has 0 fully saturated rings. The molecule has 0 radical (unpaired) electrons. The van der Waals surface area contributed by atoms with Gasteiger partial charge in [-0.2, -0.15) is 0 Å². The Balaban J connectivity index is 2.25. The smallest absolute Gasteiger partial charge is 0.278 e. The zero-order valence-corrected chi connectivity index (χ0v) is 15.4. The van der Waals surface area contributed by atoms with Crippen molar-refractivity contribution in [2.45, 2.75) is 6.92 Å². The molecular weight excluding hydrogens is 316 g/mol. The second-order valence-corrected chi connectivity index (χ2v) is 8.26. The lowest BCUT2D eigenvalue weighted by molar-refractivity contribution is 0.0837. The summed E-state index contributed by atoms with van der Waals surface area (Å²) in [6.07, 6.45) is 1.90. The maximum absolute atomic E-state index is 12.7. The van der Waals surface area contributed by atoms with Crippen LogP contribution < -0.4 is 0 Å². The van der Waals surface area contributed by atoms with Gasteiger partial charge in [0.25, 0.3) is 9.12 Å². The second-order valence-electron chi connectivity index (χ2n) is 5.50. The summed E-state index contributed by atoms with van der Waals surface area (Å²) >= 11 is 0. The molecule has 0 aliphatic heterocycles. The minimum atomic E-state index is -2.09. The highest BCUT2D eigenvalue weighted by molar-refractivity contribution is 6.64. The molecule has 0 unspecified atom stereocenters. The van der Waals surface area contributed by atoms with E-state index in [0.717, 1.165) is 0 Å². The van der Waals surface area contributed by atoms with E-state index < -0.39 is 9.12 Å². The molecule has 2 aromatic rings. The van der Waals surface area contributed by atoms with E-state index in [2.05, 4.69) is 0 Å². The molecule has 0 aliphatic rings. The van der Waals surface area contributed by atoms with Crippen molar-refractivity contribution in [2.75, 3.05) is 14.1 Å². The summed E-state index contributed by atoms with van der Waals surface area (Å²) in [7, 11) is 1.44. The number of carbonyl (C=O) groups is 2. The number of rotatable bonds is 5. The van der Waals surface area contributed by atoms with Crippen molar-refractivity contribution in [2.24, 2.45) is 0 Å². The number of carbonyl (C=O) groups excluding carboxylic acids is 2. The Morgan fingerprint density at radius 2 is 1.17 bits per heavy atom. The SMILES string of the molecule is CC=C[SiH](N(C)C(=O)c1ccccc1)N(C)C(=O)c1ccccc1. The average Bonchev–Trinajstić information content (AvgIpc) is 2.65. The quantitative estimate of drug-likeness (QED) is 0.787. The minimum Gasteiger partial charge on any atom is -0.349 e. The minimum absolute atomic E-state index is 0.0712. The van der Waals surface area contributed by atoms with Gasteiger partial charge < -0.3 is 9.13 Å². The second kappa shape index (κ2) is 8.26. The zero-order chi connectivity index (χ0) is 17.5. The number of hydrogen-bond donors (Lipinski definition) is 0. The molecule has 0 bridgehead atoms. The van der Waals surface area contributed by atoms with Crippen LogP contribution >= 0.6 is 0 Å². The van der Waals surface area contributed by atoms with Crippen LogP contribution in [0.4, 0.5) is 0 Å². The Labute approximate surface area is 144 Å². The van der Waals surface area contributed by atoms with E-state index in [0.29, 0.717) is 11.1 Å². The van der Waals surface area contributed by atoms with Gasteiger partial charge in [-0.05, 0) is 31.2 Å². The van der Waals surface area contributed by atoms with Gasteiger partial charge in [0.1, 0.15) is 0 Å². The fourth-order valence-corrected chi connectivity index (χ4v) is 4.66. The first-order valence-corrected chi connectivity index (χ1v) is 9.53. The van der Waals surface area contributed by atoms with E-state index in [1.807, 2.05) is 55.1 Å². The highest BCUT2D eigenvalue weighted by Crippen LogP contribution is 2.11. The Morgan fingerprint density at radius 1 is 0.792 bits per heavy atom. The van der Waals surface area contributed by atoms with Gasteiger partial charge in [-0.1, -0.05) is 48.2 Å². The maximum Gasteiger partial charge on any atom is 0.278 e. The normalized spacial score (nSPS) is 10.8. The van der Waals surface area contributed by atoms with E-state index in [1.165, 1.54) is 0 Å². The van der Waals surface area contributed by atoms with Crippen LogP contribution in [0.25, 0.3) is 0 Å². The van der Waals surface area contributed by atoms with Crippen molar-refractivity contribution in [3.8, 4) is 0 Å². The molecule has 5 heteroatoms. The summed E-state index contributed by atoms with van der Waals surface area (Å²) in [6.45, 7) is 1.90. The Bertz CT molecular complexity index is 659. The van der Waals surface area contributed by atoms with Crippen LogP contribution in [0.15, 0.2) is 72.4 Å². The molecule has 0 saturated heterocycles. The van der Waals surface area contributed by atoms with Crippen LogP contribution in [0.1, 0.15) is 27.6 Å². The molecule has 0 saturated carbocycles. The molecule has 124 valence electrons. The fraction of sp³-hybridized carbons (Fsp3) is 0.158. The average molecular weight is 338 g/mol. The first-order chi connectivity index (χ1) is 11.6. The largest absolute Gasteiger partial charge is 0.349 e. The highest BCUT2D eigenvalue weighted by Gasteiger charge is 2.28. The number of benzene rings is 2. The fourth-order valence-electron chi connectivity index (χ4n) is 2.50. The molecular formula is C19H22N2O2Si. The Kier molecular flexibility index (Phi) is 6.09. The molecule has 2 aromatic carbocycles. The lowest BCUT2D eigenvalue weighted by Gasteiger charge is -2.32. The predicted molar refractivity (Wildman–Crippen MR) is 99.0 cm³/mol. The van der Waals surface area contributed by atoms with Crippen molar-refractivity contribution in [3.05, 3.63) is 83.6 Å². The third kappa shape index (κ3) is 4.00. The number of hydrogen-bond acceptors (Lipinski definition) is 2. The van der Waals surface area contributed by atoms with Crippen LogP contribution in [-0.2, 0) is 0 Å². The highest BCUT2D eigenvalue weighted by atomic mass is 28.3. The van der Waals surface area contributed by atoms with Crippen LogP contribution in [-0.4, -0.2) is 44.2 Å². The van der Waals surface area contributed by atoms with Crippen LogP contribution in [0, 0.1) is 0 Å². The summed E-state index contributed by atoms with van der Waals surface area (Å²) in [4.78, 5) is 25.4. The molecule has 2 rings (SSSR count). The summed E-state index contributed by atoms with van der Waals surface area (Å²) in [5.74, 6) is -0.142. The van der Waals surface area contributed by atoms with Gasteiger partial charge >= 0.3 is 0 Å². The van der Waals surface area contributed by atoms with Gasteiger partial charge in [0.2, 0.25) is 11.8 Å². The van der Waals surface area contributed by atoms with E-state index >= 15 is 0 Å². The molecule has 0 aliphatic carbocycles. The van der Waals surface area contributed by atoms with Gasteiger partial charge in [0, 0.05) is 25.2 Å². The van der Waals surface area contributed by atoms with Crippen LogP contribution in [0.3, 0.4) is 0 Å². The van der Waals surface area contributed by atoms with Crippen LogP contribution in [0.5, 0.6) is 0 Å². The van der Waals surface area contributed by atoms with Gasteiger partial charge in [-0.3, -0.25) is 9.59 Å². The standard InChI is InChI=1S/C19H22N2O2Si/c1-4-15-24(20(2)18(22)16-11-7-5-8-12-16)21(3)19(23)17-13-9-6-10-14-17/h4-15,24H,1-3H3. The molecule has 0 N–H and O–H groups in total. The van der Waals surface area contributed by atoms with Gasteiger partial charge in [-0.25, -0.2) is 0 Å². The summed E-state index contributed by atoms with van der Waals surface area (Å²) in [6, 6.07) is 18.3. The van der Waals surface area contributed by atoms with Crippen molar-refractivity contribution in [1.82, 2.24) is 9.13 Å². The molecule has 4 nitrogen and oxygen atoms in total. The van der Waals surface area contributed by atoms with E-state index in [4.69, 9.17) is 0 Å². The lowest BCUT2D eigenvalue weighted by Crippen LogP contribution is -2.53. The predicted octanol–water partition coefficient (Wildman–Crippen LogP) is 2.87. The topological polar surface area (TPSA) is 40.6 Å². The molecule has 0 atom stereocenters. The monoisotopic (exact) mass is 338 g/mol. The van der Waals surface area contributed by atoms with E-state index in [-0.39, 0.29) is 11.8 Å². The van der Waals surface area contributed by atoms with E-state index in [9.17, 15) is 9.59 Å². The van der Waals surface area contributed by atoms with Crippen molar-refractivity contribution >= 4 is 20.9 Å². The van der Waals surface area contributed by atoms with Crippen LogP contribution in [0.2, 0.25) is 0 Å². The molecule has 2 amide bonds. The first-order valence-electron chi connectivity index (χ1n) is 7.83. The van der Waals surface area contributed by atoms with Crippen molar-refractivity contribution in [3.63, 3.8) is 0 Å². The number of allylic oxidation sites excluding steroid dienone is 1. The van der Waals surface area contributed by atoms with Gasteiger partial charge in [0.15, 0.2) is 0 Å². The van der Waals surface area contributed by atoms with Gasteiger partial charge in [0.05, 0.1) is 0 Å².